The standard InChI is InChI=1S/C17H19N3O3S/c1-11(2)23-14-6-4-13(5-7-14)20-24(21,22)15-8-9-16-17(10-15)19-12(3)18-16/h4-11,20H,1-3H3,(H,18,19). The van der Waals surface area contributed by atoms with Crippen LogP contribution in [0.15, 0.2) is 47.4 Å². The number of rotatable bonds is 5. The molecule has 0 radical (unpaired) electrons. The molecular weight excluding hydrogens is 326 g/mol. The zero-order valence-corrected chi connectivity index (χ0v) is 14.5. The van der Waals surface area contributed by atoms with Gasteiger partial charge in [0.05, 0.1) is 22.0 Å². The van der Waals surface area contributed by atoms with E-state index in [0.29, 0.717) is 17.0 Å². The SMILES string of the molecule is Cc1nc2ccc(S(=O)(=O)Nc3ccc(OC(C)C)cc3)cc2[nH]1. The van der Waals surface area contributed by atoms with E-state index in [1.807, 2.05) is 20.8 Å². The molecule has 0 bridgehead atoms. The summed E-state index contributed by atoms with van der Waals surface area (Å²) >= 11 is 0. The number of sulfonamides is 1. The minimum atomic E-state index is -3.67. The molecule has 1 heterocycles. The van der Waals surface area contributed by atoms with Crippen LogP contribution >= 0.6 is 0 Å². The first-order valence-electron chi connectivity index (χ1n) is 7.59. The predicted molar refractivity (Wildman–Crippen MR) is 93.8 cm³/mol. The fourth-order valence-electron chi connectivity index (χ4n) is 2.37. The number of nitrogens with one attached hydrogen (secondary N) is 2. The smallest absolute Gasteiger partial charge is 0.261 e. The Bertz CT molecular complexity index is 960. The van der Waals surface area contributed by atoms with Crippen LogP contribution in [-0.4, -0.2) is 24.5 Å². The number of anilines is 1. The van der Waals surface area contributed by atoms with E-state index in [1.54, 1.807) is 42.5 Å². The summed E-state index contributed by atoms with van der Waals surface area (Å²) < 4.78 is 33.2. The van der Waals surface area contributed by atoms with Crippen LogP contribution in [0.25, 0.3) is 11.0 Å². The number of imidazole rings is 1. The molecule has 0 saturated heterocycles. The summed E-state index contributed by atoms with van der Waals surface area (Å²) in [4.78, 5) is 7.49. The van der Waals surface area contributed by atoms with Gasteiger partial charge in [0.15, 0.2) is 0 Å². The Morgan fingerprint density at radius 1 is 1.12 bits per heavy atom. The number of hydrogen-bond donors (Lipinski definition) is 2. The molecule has 0 unspecified atom stereocenters. The summed E-state index contributed by atoms with van der Waals surface area (Å²) in [5.74, 6) is 1.44. The van der Waals surface area contributed by atoms with Crippen molar-refractivity contribution in [2.24, 2.45) is 0 Å². The lowest BCUT2D eigenvalue weighted by molar-refractivity contribution is 0.242. The molecule has 0 spiro atoms. The summed E-state index contributed by atoms with van der Waals surface area (Å²) in [6, 6.07) is 11.6. The van der Waals surface area contributed by atoms with Gasteiger partial charge in [-0.2, -0.15) is 0 Å². The Balaban J connectivity index is 1.84. The number of hydrogen-bond acceptors (Lipinski definition) is 4. The van der Waals surface area contributed by atoms with Crippen LogP contribution in [0.4, 0.5) is 5.69 Å². The zero-order valence-electron chi connectivity index (χ0n) is 13.7. The van der Waals surface area contributed by atoms with Crippen molar-refractivity contribution in [2.45, 2.75) is 31.8 Å². The van der Waals surface area contributed by atoms with Crippen molar-refractivity contribution in [1.82, 2.24) is 9.97 Å². The first-order valence-corrected chi connectivity index (χ1v) is 9.08. The maximum Gasteiger partial charge on any atom is 0.261 e. The van der Waals surface area contributed by atoms with Gasteiger partial charge in [-0.15, -0.1) is 0 Å². The van der Waals surface area contributed by atoms with E-state index in [9.17, 15) is 8.42 Å². The molecule has 1 aromatic heterocycles. The highest BCUT2D eigenvalue weighted by atomic mass is 32.2. The lowest BCUT2D eigenvalue weighted by atomic mass is 10.3. The van der Waals surface area contributed by atoms with Crippen LogP contribution < -0.4 is 9.46 Å². The first-order chi connectivity index (χ1) is 11.3. The van der Waals surface area contributed by atoms with Crippen molar-refractivity contribution < 1.29 is 13.2 Å². The normalized spacial score (nSPS) is 11.8. The van der Waals surface area contributed by atoms with E-state index in [2.05, 4.69) is 14.7 Å². The Kier molecular flexibility index (Phi) is 4.19. The Morgan fingerprint density at radius 3 is 2.50 bits per heavy atom. The molecule has 24 heavy (non-hydrogen) atoms. The lowest BCUT2D eigenvalue weighted by Gasteiger charge is -2.11. The molecule has 0 aliphatic carbocycles. The van der Waals surface area contributed by atoms with E-state index in [-0.39, 0.29) is 11.0 Å². The van der Waals surface area contributed by atoms with Gasteiger partial charge in [0.1, 0.15) is 11.6 Å². The van der Waals surface area contributed by atoms with Crippen LogP contribution in [0.1, 0.15) is 19.7 Å². The second-order valence-electron chi connectivity index (χ2n) is 5.80. The van der Waals surface area contributed by atoms with Gasteiger partial charge in [-0.1, -0.05) is 0 Å². The van der Waals surface area contributed by atoms with Gasteiger partial charge in [-0.3, -0.25) is 4.72 Å². The zero-order chi connectivity index (χ0) is 17.3. The molecule has 0 fully saturated rings. The average Bonchev–Trinajstić information content (AvgIpc) is 2.87. The molecule has 0 atom stereocenters. The molecule has 3 aromatic rings. The lowest BCUT2D eigenvalue weighted by Crippen LogP contribution is -2.13. The molecule has 0 saturated carbocycles. The van der Waals surface area contributed by atoms with Crippen molar-refractivity contribution in [3.8, 4) is 5.75 Å². The average molecular weight is 345 g/mol. The van der Waals surface area contributed by atoms with E-state index < -0.39 is 10.0 Å². The number of benzene rings is 2. The van der Waals surface area contributed by atoms with Gasteiger partial charge in [0.2, 0.25) is 0 Å². The summed E-state index contributed by atoms with van der Waals surface area (Å²) in [5.41, 5.74) is 1.91. The number of ether oxygens (including phenoxy) is 1. The highest BCUT2D eigenvalue weighted by Crippen LogP contribution is 2.22. The fraction of sp³-hybridized carbons (Fsp3) is 0.235. The third-order valence-corrected chi connectivity index (χ3v) is 4.74. The number of aryl methyl sites for hydroxylation is 1. The van der Waals surface area contributed by atoms with E-state index in [4.69, 9.17) is 4.74 Å². The molecular formula is C17H19N3O3S. The molecule has 0 amide bonds. The summed E-state index contributed by atoms with van der Waals surface area (Å²) in [7, 11) is -3.67. The summed E-state index contributed by atoms with van der Waals surface area (Å²) in [5, 5.41) is 0. The molecule has 126 valence electrons. The maximum absolute atomic E-state index is 12.5. The van der Waals surface area contributed by atoms with Gasteiger partial charge in [0, 0.05) is 5.69 Å². The van der Waals surface area contributed by atoms with Crippen molar-refractivity contribution in [3.63, 3.8) is 0 Å². The van der Waals surface area contributed by atoms with Crippen molar-refractivity contribution in [2.75, 3.05) is 4.72 Å². The number of fused-ring (bicyclic) bond motifs is 1. The molecule has 3 rings (SSSR count). The topological polar surface area (TPSA) is 84.1 Å². The van der Waals surface area contributed by atoms with E-state index in [0.717, 1.165) is 11.3 Å². The number of aromatic amines is 1. The summed E-state index contributed by atoms with van der Waals surface area (Å²) in [6.45, 7) is 5.70. The number of nitrogens with zero attached hydrogens (tertiary/aromatic N) is 1. The van der Waals surface area contributed by atoms with E-state index >= 15 is 0 Å². The van der Waals surface area contributed by atoms with Crippen molar-refractivity contribution in [1.29, 1.82) is 0 Å². The number of aromatic nitrogens is 2. The Hall–Kier alpha value is -2.54. The first kappa shape index (κ1) is 16.3. The second kappa shape index (κ2) is 6.16. The molecule has 0 aliphatic rings. The van der Waals surface area contributed by atoms with Gasteiger partial charge < -0.3 is 9.72 Å². The van der Waals surface area contributed by atoms with Gasteiger partial charge in [0.25, 0.3) is 10.0 Å². The number of H-pyrrole nitrogens is 1. The van der Waals surface area contributed by atoms with Gasteiger partial charge in [-0.25, -0.2) is 13.4 Å². The molecule has 7 heteroatoms. The largest absolute Gasteiger partial charge is 0.491 e. The van der Waals surface area contributed by atoms with Crippen molar-refractivity contribution in [3.05, 3.63) is 48.3 Å². The highest BCUT2D eigenvalue weighted by molar-refractivity contribution is 7.92. The minimum Gasteiger partial charge on any atom is -0.491 e. The molecule has 2 N–H and O–H groups in total. The quantitative estimate of drug-likeness (QED) is 0.742. The molecule has 6 nitrogen and oxygen atoms in total. The molecule has 0 aliphatic heterocycles. The van der Waals surface area contributed by atoms with Crippen molar-refractivity contribution >= 4 is 26.7 Å². The highest BCUT2D eigenvalue weighted by Gasteiger charge is 2.15. The third-order valence-electron chi connectivity index (χ3n) is 3.36. The summed E-state index contributed by atoms with van der Waals surface area (Å²) in [6.07, 6.45) is 0.0668. The van der Waals surface area contributed by atoms with Crippen LogP contribution in [0, 0.1) is 6.92 Å². The van der Waals surface area contributed by atoms with Gasteiger partial charge >= 0.3 is 0 Å². The fourth-order valence-corrected chi connectivity index (χ4v) is 3.46. The van der Waals surface area contributed by atoms with E-state index in [1.165, 1.54) is 0 Å². The van der Waals surface area contributed by atoms with Crippen LogP contribution in [0.2, 0.25) is 0 Å². The van der Waals surface area contributed by atoms with Crippen LogP contribution in [0.3, 0.4) is 0 Å². The Labute approximate surface area is 140 Å². The monoisotopic (exact) mass is 345 g/mol. The minimum absolute atomic E-state index is 0.0668. The van der Waals surface area contributed by atoms with Crippen LogP contribution in [-0.2, 0) is 10.0 Å². The third kappa shape index (κ3) is 3.51. The predicted octanol–water partition coefficient (Wildman–Crippen LogP) is 3.46. The van der Waals surface area contributed by atoms with Crippen LogP contribution in [0.5, 0.6) is 5.75 Å². The second-order valence-corrected chi connectivity index (χ2v) is 7.48. The van der Waals surface area contributed by atoms with Gasteiger partial charge in [-0.05, 0) is 63.2 Å². The molecule has 2 aromatic carbocycles. The maximum atomic E-state index is 12.5. The Morgan fingerprint density at radius 2 is 1.83 bits per heavy atom.